The quantitative estimate of drug-likeness (QED) is 0.686. The molecule has 0 radical (unpaired) electrons. The third-order valence-electron chi connectivity index (χ3n) is 4.32. The third-order valence-corrected chi connectivity index (χ3v) is 4.32. The van der Waals surface area contributed by atoms with Gasteiger partial charge in [-0.3, -0.25) is 9.59 Å². The van der Waals surface area contributed by atoms with Crippen molar-refractivity contribution in [3.63, 3.8) is 0 Å². The number of Topliss-reactive ketones (excluding diaryl/α,β-unsaturated/α-hetero) is 1. The van der Waals surface area contributed by atoms with Crippen LogP contribution in [0.25, 0.3) is 0 Å². The average molecular weight is 306 g/mol. The molecule has 4 nitrogen and oxygen atoms in total. The number of halogens is 1. The van der Waals surface area contributed by atoms with Crippen molar-refractivity contribution in [3.8, 4) is 0 Å². The molecule has 0 unspecified atom stereocenters. The van der Waals surface area contributed by atoms with Crippen LogP contribution in [0.5, 0.6) is 0 Å². The van der Waals surface area contributed by atoms with Crippen molar-refractivity contribution in [2.45, 2.75) is 38.9 Å². The van der Waals surface area contributed by atoms with Crippen molar-refractivity contribution in [2.75, 3.05) is 0 Å². The van der Waals surface area contributed by atoms with Crippen molar-refractivity contribution in [3.05, 3.63) is 47.8 Å². The largest absolute Gasteiger partial charge is 0.480 e. The normalized spacial score (nSPS) is 28.7. The number of carbonyl (C=O) groups excluding carboxylic acids is 1. The second-order valence-corrected chi connectivity index (χ2v) is 5.79. The van der Waals surface area contributed by atoms with Crippen LogP contribution in [0.4, 0.5) is 4.39 Å². The lowest BCUT2D eigenvalue weighted by atomic mass is 9.72. The zero-order valence-electron chi connectivity index (χ0n) is 12.6. The highest BCUT2D eigenvalue weighted by Gasteiger charge is 2.53. The van der Waals surface area contributed by atoms with E-state index in [4.69, 9.17) is 4.74 Å². The Kier molecular flexibility index (Phi) is 4.47. The van der Waals surface area contributed by atoms with Gasteiger partial charge in [-0.25, -0.2) is 4.39 Å². The molecule has 1 aromatic rings. The molecule has 5 heteroatoms. The van der Waals surface area contributed by atoms with Gasteiger partial charge in [-0.15, -0.1) is 0 Å². The van der Waals surface area contributed by atoms with Gasteiger partial charge in [0.25, 0.3) is 0 Å². The van der Waals surface area contributed by atoms with E-state index in [1.54, 1.807) is 19.1 Å². The number of rotatable bonds is 4. The minimum absolute atomic E-state index is 0.183. The maximum atomic E-state index is 12.9. The van der Waals surface area contributed by atoms with E-state index in [0.29, 0.717) is 12.8 Å². The summed E-state index contributed by atoms with van der Waals surface area (Å²) in [4.78, 5) is 24.0. The van der Waals surface area contributed by atoms with Crippen LogP contribution >= 0.6 is 0 Å². The summed E-state index contributed by atoms with van der Waals surface area (Å²) < 4.78 is 18.6. The van der Waals surface area contributed by atoms with E-state index in [1.165, 1.54) is 19.1 Å². The molecule has 0 saturated carbocycles. The van der Waals surface area contributed by atoms with Gasteiger partial charge in [-0.05, 0) is 44.4 Å². The zero-order valence-corrected chi connectivity index (χ0v) is 12.6. The standard InChI is InChI=1S/C17H19FO4/c1-10-11(2)22-14(17(3,15(10)19)16(20)21)9-6-12-4-7-13(18)8-5-12/h4-5,7-8,11,14H,1,6,9H2,2-3H3,(H,20,21)/t11-,14+,17-/m1/s1. The molecule has 1 saturated heterocycles. The van der Waals surface area contributed by atoms with Crippen LogP contribution in [-0.2, 0) is 20.7 Å². The Morgan fingerprint density at radius 1 is 1.41 bits per heavy atom. The molecular formula is C17H19FO4. The lowest BCUT2D eigenvalue weighted by molar-refractivity contribution is -0.172. The highest BCUT2D eigenvalue weighted by Crippen LogP contribution is 2.38. The van der Waals surface area contributed by atoms with E-state index in [-0.39, 0.29) is 11.4 Å². The first-order chi connectivity index (χ1) is 10.3. The molecule has 0 bridgehead atoms. The summed E-state index contributed by atoms with van der Waals surface area (Å²) in [6.07, 6.45) is -0.390. The molecule has 1 aliphatic heterocycles. The molecule has 0 spiro atoms. The van der Waals surface area contributed by atoms with Gasteiger partial charge >= 0.3 is 5.97 Å². The highest BCUT2D eigenvalue weighted by molar-refractivity contribution is 6.12. The second kappa shape index (κ2) is 6.01. The fraction of sp³-hybridized carbons (Fsp3) is 0.412. The van der Waals surface area contributed by atoms with Gasteiger partial charge < -0.3 is 9.84 Å². The Hall–Kier alpha value is -2.01. The molecule has 0 amide bonds. The average Bonchev–Trinajstić information content (AvgIpc) is 2.49. The number of aryl methyl sites for hydroxylation is 1. The van der Waals surface area contributed by atoms with Gasteiger partial charge in [0.05, 0.1) is 12.2 Å². The molecule has 2 rings (SSSR count). The van der Waals surface area contributed by atoms with Crippen LogP contribution in [0.15, 0.2) is 36.4 Å². The van der Waals surface area contributed by atoms with E-state index in [1.807, 2.05) is 0 Å². The fourth-order valence-corrected chi connectivity index (χ4v) is 2.67. The van der Waals surface area contributed by atoms with Crippen molar-refractivity contribution < 1.29 is 23.8 Å². The number of ketones is 1. The molecular weight excluding hydrogens is 287 g/mol. The van der Waals surface area contributed by atoms with Gasteiger partial charge in [0.1, 0.15) is 5.82 Å². The topological polar surface area (TPSA) is 63.6 Å². The van der Waals surface area contributed by atoms with Gasteiger partial charge in [-0.1, -0.05) is 18.7 Å². The summed E-state index contributed by atoms with van der Waals surface area (Å²) in [5.74, 6) is -2.02. The highest BCUT2D eigenvalue weighted by atomic mass is 19.1. The van der Waals surface area contributed by atoms with E-state index >= 15 is 0 Å². The molecule has 1 aromatic carbocycles. The van der Waals surface area contributed by atoms with Crippen LogP contribution in [0.3, 0.4) is 0 Å². The maximum absolute atomic E-state index is 12.9. The Balaban J connectivity index is 2.19. The molecule has 0 aliphatic carbocycles. The van der Waals surface area contributed by atoms with Gasteiger partial charge in [0.15, 0.2) is 11.2 Å². The van der Waals surface area contributed by atoms with Crippen molar-refractivity contribution >= 4 is 11.8 Å². The van der Waals surface area contributed by atoms with Gasteiger partial charge in [0, 0.05) is 5.57 Å². The fourth-order valence-electron chi connectivity index (χ4n) is 2.67. The number of carboxylic acid groups (broad SMARTS) is 1. The summed E-state index contributed by atoms with van der Waals surface area (Å²) >= 11 is 0. The molecule has 22 heavy (non-hydrogen) atoms. The number of ether oxygens (including phenoxy) is 1. The Labute approximate surface area is 128 Å². The Morgan fingerprint density at radius 2 is 2.00 bits per heavy atom. The van der Waals surface area contributed by atoms with Crippen molar-refractivity contribution in [1.29, 1.82) is 0 Å². The summed E-state index contributed by atoms with van der Waals surface area (Å²) in [7, 11) is 0. The number of aliphatic carboxylic acids is 1. The molecule has 1 aliphatic rings. The summed E-state index contributed by atoms with van der Waals surface area (Å²) in [5.41, 5.74) is -0.589. The number of hydrogen-bond donors (Lipinski definition) is 1. The van der Waals surface area contributed by atoms with Crippen LogP contribution in [-0.4, -0.2) is 29.1 Å². The number of carbonyl (C=O) groups is 2. The molecule has 0 aromatic heterocycles. The zero-order chi connectivity index (χ0) is 16.5. The number of hydrogen-bond acceptors (Lipinski definition) is 3. The van der Waals surface area contributed by atoms with Crippen molar-refractivity contribution in [2.24, 2.45) is 5.41 Å². The lowest BCUT2D eigenvalue weighted by Crippen LogP contribution is -2.54. The molecule has 1 N–H and O–H groups in total. The van der Waals surface area contributed by atoms with Crippen molar-refractivity contribution in [1.82, 2.24) is 0 Å². The third kappa shape index (κ3) is 2.81. The summed E-state index contributed by atoms with van der Waals surface area (Å²) in [6.45, 7) is 6.70. The SMILES string of the molecule is C=C1C(=O)[C@](C)(C(=O)O)[C@H](CCc2ccc(F)cc2)O[C@@H]1C. The number of carboxylic acids is 1. The van der Waals surface area contributed by atoms with E-state index in [0.717, 1.165) is 5.56 Å². The first-order valence-electron chi connectivity index (χ1n) is 7.13. The molecule has 1 fully saturated rings. The first kappa shape index (κ1) is 16.4. The minimum atomic E-state index is -1.64. The van der Waals surface area contributed by atoms with Crippen LogP contribution in [0.1, 0.15) is 25.8 Å². The minimum Gasteiger partial charge on any atom is -0.480 e. The van der Waals surface area contributed by atoms with Gasteiger partial charge in [-0.2, -0.15) is 0 Å². The predicted octanol–water partition coefficient (Wildman–Crippen LogP) is 2.76. The van der Waals surface area contributed by atoms with E-state index in [2.05, 4.69) is 6.58 Å². The van der Waals surface area contributed by atoms with Crippen LogP contribution in [0.2, 0.25) is 0 Å². The van der Waals surface area contributed by atoms with Crippen LogP contribution < -0.4 is 0 Å². The van der Waals surface area contributed by atoms with E-state index in [9.17, 15) is 19.1 Å². The first-order valence-corrected chi connectivity index (χ1v) is 7.13. The molecule has 3 atom stereocenters. The Bertz CT molecular complexity index is 608. The number of benzene rings is 1. The maximum Gasteiger partial charge on any atom is 0.319 e. The van der Waals surface area contributed by atoms with Crippen LogP contribution in [0, 0.1) is 11.2 Å². The summed E-state index contributed by atoms with van der Waals surface area (Å²) in [6, 6.07) is 5.98. The predicted molar refractivity (Wildman–Crippen MR) is 78.9 cm³/mol. The second-order valence-electron chi connectivity index (χ2n) is 5.79. The lowest BCUT2D eigenvalue weighted by Gasteiger charge is -2.40. The smallest absolute Gasteiger partial charge is 0.319 e. The molecule has 1 heterocycles. The summed E-state index contributed by atoms with van der Waals surface area (Å²) in [5, 5.41) is 9.48. The monoisotopic (exact) mass is 306 g/mol. The van der Waals surface area contributed by atoms with Gasteiger partial charge in [0.2, 0.25) is 0 Å². The Morgan fingerprint density at radius 3 is 2.55 bits per heavy atom. The molecule has 118 valence electrons. The van der Waals surface area contributed by atoms with E-state index < -0.39 is 29.4 Å².